The molecule has 0 spiro atoms. The molecule has 0 saturated heterocycles. The molecule has 32 heavy (non-hydrogen) atoms. The van der Waals surface area contributed by atoms with Crippen molar-refractivity contribution in [2.24, 2.45) is 5.73 Å². The van der Waals surface area contributed by atoms with Crippen LogP contribution < -0.4 is 24.4 Å². The number of rotatable bonds is 10. The Morgan fingerprint density at radius 3 is 1.06 bits per heavy atom. The van der Waals surface area contributed by atoms with E-state index < -0.39 is 10.2 Å². The fraction of sp³-hybridized carbons (Fsp3) is 0.667. The first-order chi connectivity index (χ1) is 14.0. The second-order valence-corrected chi connectivity index (χ2v) is 7.37. The van der Waals surface area contributed by atoms with Crippen molar-refractivity contribution < 1.29 is 64.8 Å². The van der Waals surface area contributed by atoms with E-state index in [0.29, 0.717) is 30.1 Å². The van der Waals surface area contributed by atoms with E-state index >= 15 is 0 Å². The van der Waals surface area contributed by atoms with Crippen LogP contribution in [-0.2, 0) is 36.0 Å². The van der Waals surface area contributed by atoms with Gasteiger partial charge in [0.2, 0.25) is 0 Å². The zero-order valence-corrected chi connectivity index (χ0v) is 22.3. The zero-order valence-electron chi connectivity index (χ0n) is 19.0. The predicted molar refractivity (Wildman–Crippen MR) is 107 cm³/mol. The minimum atomic E-state index is -4.94. The Labute approximate surface area is 212 Å². The Morgan fingerprint density at radius 1 is 0.750 bits per heavy atom. The summed E-state index contributed by atoms with van der Waals surface area (Å²) < 4.78 is 34.0. The number of halogens is 3. The summed E-state index contributed by atoms with van der Waals surface area (Å²) in [6.07, 6.45) is 0. The summed E-state index contributed by atoms with van der Waals surface area (Å²) in [5, 5.41) is 0. The summed E-state index contributed by atoms with van der Waals surface area (Å²) >= 11 is 11.1. The first kappa shape index (κ1) is 41.8. The molecule has 0 unspecified atom stereocenters. The topological polar surface area (TPSA) is 190 Å². The van der Waals surface area contributed by atoms with E-state index in [-0.39, 0.29) is 39.9 Å². The molecule has 2 N–H and O–H groups in total. The van der Waals surface area contributed by atoms with Gasteiger partial charge in [0.15, 0.2) is 0 Å². The number of nitrogens with two attached hydrogens (primary N) is 1. The molecule has 0 saturated carbocycles. The Morgan fingerprint density at radius 2 is 0.969 bits per heavy atom. The van der Waals surface area contributed by atoms with Crippen LogP contribution in [0.2, 0.25) is 0 Å². The molecule has 0 radical (unpaired) electrons. The average Bonchev–Trinajstić information content (AvgIpc) is 2.60. The molecule has 0 aromatic carbocycles. The van der Waals surface area contributed by atoms with Gasteiger partial charge in [0.05, 0.1) is 0 Å². The van der Waals surface area contributed by atoms with Crippen LogP contribution in [0, 0.1) is 22.1 Å². The quantitative estimate of drug-likeness (QED) is 0.167. The van der Waals surface area contributed by atoms with Crippen LogP contribution in [0.1, 0.15) is 41.5 Å². The van der Waals surface area contributed by atoms with Crippen LogP contribution in [0.3, 0.4) is 0 Å². The third-order valence-corrected chi connectivity index (χ3v) is 3.70. The number of hydrogen-bond acceptors (Lipinski definition) is 10. The minimum absolute atomic E-state index is 0. The molecule has 0 bridgehead atoms. The van der Waals surface area contributed by atoms with E-state index in [4.69, 9.17) is 47.6 Å². The molecular weight excluding hydrogens is 537 g/mol. The molecule has 0 aliphatic rings. The van der Waals surface area contributed by atoms with Crippen LogP contribution in [0.15, 0.2) is 0 Å². The number of hydrogen-bond donors (Lipinski definition) is 1. The second-order valence-electron chi connectivity index (χ2n) is 5.86. The number of carbonyl (C=O) groups excluding carboxylic acids is 4. The number of carbonyl (C=O) groups is 4. The van der Waals surface area contributed by atoms with Crippen LogP contribution in [0.5, 0.6) is 0 Å². The van der Waals surface area contributed by atoms with E-state index in [1.807, 2.05) is 0 Å². The molecule has 0 atom stereocenters. The minimum Gasteiger partial charge on any atom is -0.334 e. The van der Waals surface area contributed by atoms with Gasteiger partial charge in [0, 0.05) is 61.1 Å². The van der Waals surface area contributed by atoms with Crippen molar-refractivity contribution in [1.29, 1.82) is 0 Å². The van der Waals surface area contributed by atoms with Crippen molar-refractivity contribution in [3.05, 3.63) is 11.8 Å². The van der Waals surface area contributed by atoms with Crippen molar-refractivity contribution in [2.45, 2.75) is 41.5 Å². The van der Waals surface area contributed by atoms with Crippen molar-refractivity contribution in [3.63, 3.8) is 0 Å². The van der Waals surface area contributed by atoms with Crippen LogP contribution in [-0.4, -0.2) is 66.0 Å². The Hall–Kier alpha value is -0.444. The monoisotopic (exact) mass is 568 g/mol. The first-order valence-corrected chi connectivity index (χ1v) is 11.1. The molecule has 14 heteroatoms. The standard InChI is InChI=1S/C6H14Cl2N2.2C6H9O2.ClHO4.Co/c7-1-4-10(5-2-8)6-3-9;2*1-4(5(2)7)6(3)8;2-1(3,4)5;/h1-6,9H2;2*1-3H3;(H,2,3,4,5);/q;2*-1;;+3/p-1. The molecule has 0 aliphatic carbocycles. The van der Waals surface area contributed by atoms with Gasteiger partial charge in [-0.1, -0.05) is 0 Å². The van der Waals surface area contributed by atoms with E-state index in [0.717, 1.165) is 19.6 Å². The molecule has 192 valence electrons. The third kappa shape index (κ3) is 40.0. The molecule has 0 aromatic heterocycles. The normalized spacial score (nSPS) is 9.44. The van der Waals surface area contributed by atoms with Gasteiger partial charge in [-0.25, -0.2) is 18.6 Å². The smallest absolute Gasteiger partial charge is 0.334 e. The number of Topliss-reactive ketones (excluding diaryl/α,β-unsaturated/α-hetero) is 4. The van der Waals surface area contributed by atoms with Gasteiger partial charge in [0.25, 0.3) is 0 Å². The molecule has 0 aromatic rings. The van der Waals surface area contributed by atoms with E-state index in [1.54, 1.807) is 0 Å². The fourth-order valence-electron chi connectivity index (χ4n) is 1.25. The van der Waals surface area contributed by atoms with Crippen molar-refractivity contribution >= 4 is 46.3 Å². The Bertz CT molecular complexity index is 445. The van der Waals surface area contributed by atoms with E-state index in [1.165, 1.54) is 41.5 Å². The van der Waals surface area contributed by atoms with Gasteiger partial charge >= 0.3 is 16.8 Å². The average molecular weight is 570 g/mol. The molecular formula is C18H32Cl3CoN2O8. The summed E-state index contributed by atoms with van der Waals surface area (Å²) in [5.41, 5.74) is 5.36. The number of nitrogens with zero attached hydrogens (tertiary/aromatic N) is 1. The maximum atomic E-state index is 10.3. The summed E-state index contributed by atoms with van der Waals surface area (Å²) in [7, 11) is -4.94. The first-order valence-electron chi connectivity index (χ1n) is 8.83. The third-order valence-electron chi connectivity index (χ3n) is 3.36. The summed E-state index contributed by atoms with van der Waals surface area (Å²) in [5.74, 6) is 1.38. The fourth-order valence-corrected chi connectivity index (χ4v) is 1.73. The zero-order chi connectivity index (χ0) is 25.8. The molecule has 0 fully saturated rings. The largest absolute Gasteiger partial charge is 3.00 e. The van der Waals surface area contributed by atoms with E-state index in [2.05, 4.69) is 4.90 Å². The van der Waals surface area contributed by atoms with Crippen LogP contribution in [0.4, 0.5) is 0 Å². The molecule has 0 heterocycles. The van der Waals surface area contributed by atoms with Gasteiger partial charge in [-0.3, -0.25) is 16.7 Å². The van der Waals surface area contributed by atoms with Crippen LogP contribution in [0.25, 0.3) is 0 Å². The van der Waals surface area contributed by atoms with Crippen molar-refractivity contribution in [1.82, 2.24) is 4.90 Å². The second kappa shape index (κ2) is 25.2. The summed E-state index contributed by atoms with van der Waals surface area (Å²) in [6.45, 7) is 11.9. The van der Waals surface area contributed by atoms with Gasteiger partial charge in [0.1, 0.15) is 0 Å². The number of alkyl halides is 2. The Balaban J connectivity index is -0.000000103. The van der Waals surface area contributed by atoms with Gasteiger partial charge in [-0.15, -0.1) is 33.4 Å². The Kier molecular flexibility index (Phi) is 32.9. The molecule has 10 nitrogen and oxygen atoms in total. The van der Waals surface area contributed by atoms with Crippen molar-refractivity contribution in [3.8, 4) is 0 Å². The van der Waals surface area contributed by atoms with E-state index in [9.17, 15) is 19.2 Å². The van der Waals surface area contributed by atoms with Gasteiger partial charge in [-0.05, 0) is 27.7 Å². The molecule has 0 amide bonds. The molecule has 0 rings (SSSR count). The van der Waals surface area contributed by atoms with Crippen LogP contribution >= 0.6 is 23.2 Å². The summed E-state index contributed by atoms with van der Waals surface area (Å²) in [6, 6.07) is 0. The summed E-state index contributed by atoms with van der Waals surface area (Å²) in [4.78, 5) is 43.5. The number of ketones is 4. The maximum absolute atomic E-state index is 10.3. The van der Waals surface area contributed by atoms with Gasteiger partial charge < -0.3 is 24.9 Å². The van der Waals surface area contributed by atoms with Gasteiger partial charge in [-0.2, -0.15) is 13.8 Å². The van der Waals surface area contributed by atoms with Crippen molar-refractivity contribution in [2.75, 3.05) is 37.9 Å². The predicted octanol–water partition coefficient (Wildman–Crippen LogP) is -2.52. The molecule has 0 aliphatic heterocycles. The maximum Gasteiger partial charge on any atom is 3.00 e. The SMILES string of the molecule is CC(=O)[C-](C)C(C)=O.CC(=O)[C-](C)C(C)=O.NCCN(CCCl)CCCl.[Co+3].[O-][Cl+3]([O-])([O-])[O-].